The quantitative estimate of drug-likeness (QED) is 0.669. The molecule has 0 unspecified atom stereocenters. The maximum absolute atomic E-state index is 12.7. The van der Waals surface area contributed by atoms with Crippen LogP contribution in [0.25, 0.3) is 11.1 Å². The normalized spacial score (nSPS) is 19.9. The highest BCUT2D eigenvalue weighted by Crippen LogP contribution is 2.44. The van der Waals surface area contributed by atoms with Crippen molar-refractivity contribution in [2.75, 3.05) is 26.8 Å². The summed E-state index contributed by atoms with van der Waals surface area (Å²) in [5.41, 5.74) is 4.59. The Morgan fingerprint density at radius 1 is 1.12 bits per heavy atom. The second kappa shape index (κ2) is 9.62. The van der Waals surface area contributed by atoms with Gasteiger partial charge < -0.3 is 24.8 Å². The van der Waals surface area contributed by atoms with Crippen LogP contribution in [-0.4, -0.2) is 66.9 Å². The number of likely N-dealkylation sites (N-methyl/N-ethyl adjacent to an activating group) is 1. The van der Waals surface area contributed by atoms with Crippen molar-refractivity contribution in [1.82, 2.24) is 10.2 Å². The first-order valence-electron chi connectivity index (χ1n) is 11.1. The number of hydrogen-bond donors (Lipinski definition) is 2. The molecule has 2 amide bonds. The molecule has 8 heteroatoms. The zero-order valence-electron chi connectivity index (χ0n) is 18.7. The van der Waals surface area contributed by atoms with Gasteiger partial charge in [-0.2, -0.15) is 0 Å². The van der Waals surface area contributed by atoms with Crippen molar-refractivity contribution in [1.29, 1.82) is 0 Å². The molecule has 0 bridgehead atoms. The van der Waals surface area contributed by atoms with E-state index in [1.807, 2.05) is 24.3 Å². The highest BCUT2D eigenvalue weighted by atomic mass is 16.5. The molecule has 1 saturated heterocycles. The SMILES string of the molecule is C[C@@H](C(=O)O)N(C)C(=O)[C@@H]1OCC[C@@H]1CNC(=O)OCC1c2ccccc2-c2ccccc21. The number of carbonyl (C=O) groups excluding carboxylic acids is 2. The number of carboxylic acids is 1. The molecule has 174 valence electrons. The van der Waals surface area contributed by atoms with Crippen LogP contribution in [0.4, 0.5) is 4.79 Å². The number of hydrogen-bond acceptors (Lipinski definition) is 5. The van der Waals surface area contributed by atoms with E-state index >= 15 is 0 Å². The minimum Gasteiger partial charge on any atom is -0.480 e. The predicted molar refractivity (Wildman–Crippen MR) is 121 cm³/mol. The van der Waals surface area contributed by atoms with Crippen LogP contribution >= 0.6 is 0 Å². The summed E-state index contributed by atoms with van der Waals surface area (Å²) in [5.74, 6) is -1.77. The van der Waals surface area contributed by atoms with E-state index < -0.39 is 30.1 Å². The van der Waals surface area contributed by atoms with Gasteiger partial charge >= 0.3 is 12.1 Å². The third-order valence-corrected chi connectivity index (χ3v) is 6.60. The molecule has 0 aromatic heterocycles. The molecule has 33 heavy (non-hydrogen) atoms. The second-order valence-electron chi connectivity index (χ2n) is 8.51. The van der Waals surface area contributed by atoms with Crippen LogP contribution in [0, 0.1) is 5.92 Å². The summed E-state index contributed by atoms with van der Waals surface area (Å²) in [7, 11) is 1.44. The van der Waals surface area contributed by atoms with Crippen LogP contribution in [0.3, 0.4) is 0 Å². The van der Waals surface area contributed by atoms with Crippen molar-refractivity contribution in [2.45, 2.75) is 31.4 Å². The Kier molecular flexibility index (Phi) is 6.65. The number of fused-ring (bicyclic) bond motifs is 3. The number of nitrogens with one attached hydrogen (secondary N) is 1. The lowest BCUT2D eigenvalue weighted by Gasteiger charge is -2.27. The van der Waals surface area contributed by atoms with Gasteiger partial charge in [0.25, 0.3) is 5.91 Å². The summed E-state index contributed by atoms with van der Waals surface area (Å²) in [6.07, 6.45) is -0.747. The van der Waals surface area contributed by atoms with Gasteiger partial charge in [0, 0.05) is 32.0 Å². The molecule has 2 aliphatic rings. The number of amides is 2. The van der Waals surface area contributed by atoms with Crippen LogP contribution in [-0.2, 0) is 19.1 Å². The topological polar surface area (TPSA) is 105 Å². The molecule has 1 heterocycles. The van der Waals surface area contributed by atoms with Crippen LogP contribution in [0.15, 0.2) is 48.5 Å². The van der Waals surface area contributed by atoms with Crippen molar-refractivity contribution < 1.29 is 29.0 Å². The zero-order chi connectivity index (χ0) is 23.5. The third-order valence-electron chi connectivity index (χ3n) is 6.60. The first-order chi connectivity index (χ1) is 15.9. The summed E-state index contributed by atoms with van der Waals surface area (Å²) < 4.78 is 11.1. The molecule has 2 N–H and O–H groups in total. The van der Waals surface area contributed by atoms with E-state index in [1.54, 1.807) is 0 Å². The van der Waals surface area contributed by atoms with Crippen LogP contribution in [0.1, 0.15) is 30.4 Å². The first-order valence-corrected chi connectivity index (χ1v) is 11.1. The first kappa shape index (κ1) is 22.8. The van der Waals surface area contributed by atoms with Gasteiger partial charge in [0.05, 0.1) is 0 Å². The van der Waals surface area contributed by atoms with Gasteiger partial charge in [-0.1, -0.05) is 48.5 Å². The van der Waals surface area contributed by atoms with Crippen molar-refractivity contribution in [2.24, 2.45) is 5.92 Å². The summed E-state index contributed by atoms with van der Waals surface area (Å²) in [6, 6.07) is 15.3. The molecular weight excluding hydrogens is 424 g/mol. The molecule has 0 spiro atoms. The molecule has 1 aliphatic heterocycles. The van der Waals surface area contributed by atoms with Crippen LogP contribution < -0.4 is 5.32 Å². The Bertz CT molecular complexity index is 1010. The van der Waals surface area contributed by atoms with E-state index in [0.717, 1.165) is 22.3 Å². The van der Waals surface area contributed by atoms with Gasteiger partial charge in [0.1, 0.15) is 18.8 Å². The fourth-order valence-electron chi connectivity index (χ4n) is 4.54. The van der Waals surface area contributed by atoms with Gasteiger partial charge in [-0.3, -0.25) is 4.79 Å². The third kappa shape index (κ3) is 4.57. The highest BCUT2D eigenvalue weighted by Gasteiger charge is 2.38. The Morgan fingerprint density at radius 2 is 1.73 bits per heavy atom. The average molecular weight is 453 g/mol. The summed E-state index contributed by atoms with van der Waals surface area (Å²) in [4.78, 5) is 37.5. The van der Waals surface area contributed by atoms with Crippen molar-refractivity contribution >= 4 is 18.0 Å². The smallest absolute Gasteiger partial charge is 0.407 e. The van der Waals surface area contributed by atoms with Crippen molar-refractivity contribution in [3.05, 3.63) is 59.7 Å². The Labute approximate surface area is 192 Å². The number of rotatable bonds is 7. The Balaban J connectivity index is 1.33. The molecular formula is C25H28N2O6. The van der Waals surface area contributed by atoms with E-state index in [4.69, 9.17) is 14.6 Å². The molecule has 2 aromatic rings. The van der Waals surface area contributed by atoms with Crippen molar-refractivity contribution in [3.8, 4) is 11.1 Å². The number of ether oxygens (including phenoxy) is 2. The summed E-state index contributed by atoms with van der Waals surface area (Å²) in [5, 5.41) is 11.9. The number of nitrogens with zero attached hydrogens (tertiary/aromatic N) is 1. The average Bonchev–Trinajstić information content (AvgIpc) is 3.42. The van der Waals surface area contributed by atoms with Gasteiger partial charge in [0.2, 0.25) is 0 Å². The predicted octanol–water partition coefficient (Wildman–Crippen LogP) is 2.86. The fraction of sp³-hybridized carbons (Fsp3) is 0.400. The molecule has 0 radical (unpaired) electrons. The number of benzene rings is 2. The lowest BCUT2D eigenvalue weighted by atomic mass is 9.98. The highest BCUT2D eigenvalue weighted by molar-refractivity contribution is 5.86. The number of aliphatic carboxylic acids is 1. The minimum absolute atomic E-state index is 0.0292. The second-order valence-corrected chi connectivity index (χ2v) is 8.51. The maximum Gasteiger partial charge on any atom is 0.407 e. The molecule has 8 nitrogen and oxygen atoms in total. The lowest BCUT2D eigenvalue weighted by molar-refractivity contribution is -0.153. The zero-order valence-corrected chi connectivity index (χ0v) is 18.7. The molecule has 2 aromatic carbocycles. The molecule has 3 atom stereocenters. The minimum atomic E-state index is -1.09. The lowest BCUT2D eigenvalue weighted by Crippen LogP contribution is -2.48. The molecule has 4 rings (SSSR count). The number of carboxylic acid groups (broad SMARTS) is 1. The van der Waals surface area contributed by atoms with E-state index in [0.29, 0.717) is 13.0 Å². The Hall–Kier alpha value is -3.39. The maximum atomic E-state index is 12.7. The molecule has 1 fully saturated rings. The van der Waals surface area contributed by atoms with Crippen molar-refractivity contribution in [3.63, 3.8) is 0 Å². The van der Waals surface area contributed by atoms with Gasteiger partial charge in [0.15, 0.2) is 0 Å². The van der Waals surface area contributed by atoms with Crippen LogP contribution in [0.2, 0.25) is 0 Å². The molecule has 0 saturated carbocycles. The Morgan fingerprint density at radius 3 is 2.33 bits per heavy atom. The summed E-state index contributed by atoms with van der Waals surface area (Å²) >= 11 is 0. The van der Waals surface area contributed by atoms with E-state index in [-0.39, 0.29) is 25.0 Å². The monoisotopic (exact) mass is 452 g/mol. The van der Waals surface area contributed by atoms with Gasteiger partial charge in [-0.25, -0.2) is 9.59 Å². The number of alkyl carbamates (subject to hydrolysis) is 1. The number of carbonyl (C=O) groups is 3. The van der Waals surface area contributed by atoms with E-state index in [1.165, 1.54) is 18.9 Å². The standard InChI is InChI=1S/C25H28N2O6/c1-15(24(29)30)27(2)23(28)22-16(11-12-32-22)13-26-25(31)33-14-21-19-9-5-3-7-17(19)18-8-4-6-10-20(18)21/h3-10,15-16,21-22H,11-14H2,1-2H3,(H,26,31)(H,29,30)/t15-,16+,22+/m0/s1. The molecule has 1 aliphatic carbocycles. The fourth-order valence-corrected chi connectivity index (χ4v) is 4.54. The van der Waals surface area contributed by atoms with Gasteiger partial charge in [-0.15, -0.1) is 0 Å². The largest absolute Gasteiger partial charge is 0.480 e. The summed E-state index contributed by atoms with van der Waals surface area (Å²) in [6.45, 7) is 2.24. The van der Waals surface area contributed by atoms with E-state index in [2.05, 4.69) is 29.6 Å². The van der Waals surface area contributed by atoms with Gasteiger partial charge in [-0.05, 0) is 35.6 Å². The van der Waals surface area contributed by atoms with E-state index in [9.17, 15) is 14.4 Å². The van der Waals surface area contributed by atoms with Crippen LogP contribution in [0.5, 0.6) is 0 Å².